The van der Waals surface area contributed by atoms with Gasteiger partial charge in [-0.1, -0.05) is 30.3 Å². The summed E-state index contributed by atoms with van der Waals surface area (Å²) in [4.78, 5) is 27.2. The molecule has 1 fully saturated rings. The minimum atomic E-state index is -0.0791. The quantitative estimate of drug-likeness (QED) is 0.626. The molecule has 0 aliphatic carbocycles. The minimum absolute atomic E-state index is 0.0249. The largest absolute Gasteiger partial charge is 0.345 e. The first-order chi connectivity index (χ1) is 14.6. The molecule has 0 unspecified atom stereocenters. The van der Waals surface area contributed by atoms with Crippen LogP contribution in [0.5, 0.6) is 0 Å². The number of aryl methyl sites for hydroxylation is 3. The third-order valence-electron chi connectivity index (χ3n) is 5.83. The van der Waals surface area contributed by atoms with Gasteiger partial charge < -0.3 is 4.90 Å². The van der Waals surface area contributed by atoms with Gasteiger partial charge in [-0.2, -0.15) is 10.2 Å². The lowest BCUT2D eigenvalue weighted by atomic mass is 9.95. The SMILES string of the molecule is CCn1ccc(C(=O)N2CCC(c3nn(C)c(=O)n3CCc3ccccc3)CC2)n1. The highest BCUT2D eigenvalue weighted by Gasteiger charge is 2.29. The number of hydrogen-bond donors (Lipinski definition) is 0. The number of aromatic nitrogens is 5. The Hall–Kier alpha value is -3.16. The first kappa shape index (κ1) is 20.1. The molecule has 3 aromatic rings. The Kier molecular flexibility index (Phi) is 5.83. The van der Waals surface area contributed by atoms with E-state index < -0.39 is 0 Å². The molecule has 0 spiro atoms. The van der Waals surface area contributed by atoms with Gasteiger partial charge in [-0.25, -0.2) is 9.48 Å². The van der Waals surface area contributed by atoms with Crippen LogP contribution < -0.4 is 5.69 Å². The van der Waals surface area contributed by atoms with Gasteiger partial charge in [0, 0.05) is 45.3 Å². The maximum atomic E-state index is 12.7. The van der Waals surface area contributed by atoms with Crippen molar-refractivity contribution in [2.24, 2.45) is 7.05 Å². The van der Waals surface area contributed by atoms with Gasteiger partial charge in [0.05, 0.1) is 0 Å². The van der Waals surface area contributed by atoms with Gasteiger partial charge >= 0.3 is 5.69 Å². The second-order valence-corrected chi connectivity index (χ2v) is 7.77. The molecule has 2 aromatic heterocycles. The van der Waals surface area contributed by atoms with Crippen molar-refractivity contribution < 1.29 is 4.79 Å². The second kappa shape index (κ2) is 8.69. The highest BCUT2D eigenvalue weighted by Crippen LogP contribution is 2.27. The molecule has 0 N–H and O–H groups in total. The number of piperidine rings is 1. The predicted molar refractivity (Wildman–Crippen MR) is 113 cm³/mol. The summed E-state index contributed by atoms with van der Waals surface area (Å²) < 4.78 is 4.99. The van der Waals surface area contributed by atoms with Crippen LogP contribution in [0.3, 0.4) is 0 Å². The molecule has 8 nitrogen and oxygen atoms in total. The molecule has 1 aliphatic heterocycles. The summed E-state index contributed by atoms with van der Waals surface area (Å²) >= 11 is 0. The van der Waals surface area contributed by atoms with Gasteiger partial charge in [0.2, 0.25) is 0 Å². The first-order valence-corrected chi connectivity index (χ1v) is 10.6. The number of nitrogens with zero attached hydrogens (tertiary/aromatic N) is 6. The average Bonchev–Trinajstić information content (AvgIpc) is 3.38. The van der Waals surface area contributed by atoms with Crippen LogP contribution in [-0.2, 0) is 26.6 Å². The zero-order valence-corrected chi connectivity index (χ0v) is 17.6. The third-order valence-corrected chi connectivity index (χ3v) is 5.83. The number of likely N-dealkylation sites (tertiary alicyclic amines) is 1. The van der Waals surface area contributed by atoms with Gasteiger partial charge in [-0.3, -0.25) is 14.0 Å². The monoisotopic (exact) mass is 408 g/mol. The van der Waals surface area contributed by atoms with Crippen LogP contribution in [0, 0.1) is 0 Å². The summed E-state index contributed by atoms with van der Waals surface area (Å²) in [5.74, 6) is 0.982. The third kappa shape index (κ3) is 4.08. The van der Waals surface area contributed by atoms with E-state index in [2.05, 4.69) is 22.3 Å². The normalized spacial score (nSPS) is 14.9. The van der Waals surface area contributed by atoms with E-state index in [9.17, 15) is 9.59 Å². The van der Waals surface area contributed by atoms with Crippen molar-refractivity contribution in [3.05, 3.63) is 70.2 Å². The molecule has 8 heteroatoms. The fraction of sp³-hybridized carbons (Fsp3) is 0.455. The zero-order valence-electron chi connectivity index (χ0n) is 17.6. The van der Waals surface area contributed by atoms with Crippen molar-refractivity contribution in [3.63, 3.8) is 0 Å². The second-order valence-electron chi connectivity index (χ2n) is 7.77. The Balaban J connectivity index is 1.43. The van der Waals surface area contributed by atoms with Crippen molar-refractivity contribution in [1.29, 1.82) is 0 Å². The molecule has 30 heavy (non-hydrogen) atoms. The van der Waals surface area contributed by atoms with Crippen LogP contribution >= 0.6 is 0 Å². The van der Waals surface area contributed by atoms with Crippen LogP contribution in [0.4, 0.5) is 0 Å². The molecule has 1 aliphatic rings. The van der Waals surface area contributed by atoms with Gasteiger partial charge in [-0.15, -0.1) is 0 Å². The minimum Gasteiger partial charge on any atom is -0.337 e. The molecule has 0 bridgehead atoms. The van der Waals surface area contributed by atoms with E-state index in [0.717, 1.165) is 31.6 Å². The van der Waals surface area contributed by atoms with Crippen LogP contribution in [0.15, 0.2) is 47.4 Å². The van der Waals surface area contributed by atoms with Crippen LogP contribution in [-0.4, -0.2) is 48.0 Å². The summed E-state index contributed by atoms with van der Waals surface area (Å²) in [5, 5.41) is 8.86. The van der Waals surface area contributed by atoms with E-state index in [4.69, 9.17) is 0 Å². The lowest BCUT2D eigenvalue weighted by Crippen LogP contribution is -2.39. The lowest BCUT2D eigenvalue weighted by Gasteiger charge is -2.31. The molecule has 0 saturated carbocycles. The topological polar surface area (TPSA) is 78.0 Å². The summed E-state index contributed by atoms with van der Waals surface area (Å²) in [7, 11) is 1.70. The fourth-order valence-electron chi connectivity index (χ4n) is 4.08. The highest BCUT2D eigenvalue weighted by molar-refractivity contribution is 5.92. The van der Waals surface area contributed by atoms with Gasteiger partial charge in [-0.05, 0) is 37.8 Å². The van der Waals surface area contributed by atoms with Crippen LogP contribution in [0.25, 0.3) is 0 Å². The number of benzene rings is 1. The molecule has 0 radical (unpaired) electrons. The Morgan fingerprint density at radius 3 is 2.50 bits per heavy atom. The molecule has 1 aromatic carbocycles. The molecule has 1 saturated heterocycles. The average molecular weight is 409 g/mol. The zero-order chi connectivity index (χ0) is 21.1. The predicted octanol–water partition coefficient (Wildman–Crippen LogP) is 2.06. The molecule has 3 heterocycles. The number of carbonyl (C=O) groups is 1. The van der Waals surface area contributed by atoms with Crippen molar-refractivity contribution in [2.75, 3.05) is 13.1 Å². The van der Waals surface area contributed by atoms with E-state index in [1.54, 1.807) is 22.4 Å². The number of amides is 1. The van der Waals surface area contributed by atoms with Crippen molar-refractivity contribution >= 4 is 5.91 Å². The summed E-state index contributed by atoms with van der Waals surface area (Å²) in [6, 6.07) is 11.9. The molecule has 158 valence electrons. The van der Waals surface area contributed by atoms with Crippen molar-refractivity contribution in [1.82, 2.24) is 29.0 Å². The molecule has 4 rings (SSSR count). The van der Waals surface area contributed by atoms with Crippen LogP contribution in [0.2, 0.25) is 0 Å². The van der Waals surface area contributed by atoms with Gasteiger partial charge in [0.25, 0.3) is 5.91 Å². The number of carbonyl (C=O) groups excluding carboxylic acids is 1. The van der Waals surface area contributed by atoms with Crippen LogP contribution in [0.1, 0.15) is 47.6 Å². The summed E-state index contributed by atoms with van der Waals surface area (Å²) in [6.07, 6.45) is 4.21. The van der Waals surface area contributed by atoms with E-state index in [-0.39, 0.29) is 17.5 Å². The smallest absolute Gasteiger partial charge is 0.337 e. The fourth-order valence-corrected chi connectivity index (χ4v) is 4.08. The molecular weight excluding hydrogens is 380 g/mol. The van der Waals surface area contributed by atoms with E-state index >= 15 is 0 Å². The van der Waals surface area contributed by atoms with E-state index in [0.29, 0.717) is 25.3 Å². The first-order valence-electron chi connectivity index (χ1n) is 10.6. The summed E-state index contributed by atoms with van der Waals surface area (Å²) in [6.45, 7) is 4.64. The van der Waals surface area contributed by atoms with Crippen molar-refractivity contribution in [3.8, 4) is 0 Å². The summed E-state index contributed by atoms with van der Waals surface area (Å²) in [5.41, 5.74) is 1.61. The standard InChI is InChI=1S/C22H28N6O2/c1-3-27-15-12-19(23-27)21(29)26-13-10-18(11-14-26)20-24-25(2)22(30)28(20)16-9-17-7-5-4-6-8-17/h4-8,12,15,18H,3,9-11,13-14,16H2,1-2H3. The van der Waals surface area contributed by atoms with Crippen molar-refractivity contribution in [2.45, 2.75) is 45.2 Å². The molecule has 0 atom stereocenters. The Bertz CT molecular complexity index is 1060. The Morgan fingerprint density at radius 1 is 1.10 bits per heavy atom. The number of rotatable bonds is 6. The maximum Gasteiger partial charge on any atom is 0.345 e. The maximum absolute atomic E-state index is 12.7. The molecule has 1 amide bonds. The van der Waals surface area contributed by atoms with Gasteiger partial charge in [0.1, 0.15) is 11.5 Å². The number of hydrogen-bond acceptors (Lipinski definition) is 4. The highest BCUT2D eigenvalue weighted by atomic mass is 16.2. The Morgan fingerprint density at radius 2 is 1.83 bits per heavy atom. The van der Waals surface area contributed by atoms with Gasteiger partial charge in [0.15, 0.2) is 0 Å². The molecular formula is C22H28N6O2. The van der Waals surface area contributed by atoms with E-state index in [1.165, 1.54) is 10.2 Å². The lowest BCUT2D eigenvalue weighted by molar-refractivity contribution is 0.0703. The Labute approximate surface area is 175 Å². The van der Waals surface area contributed by atoms with E-state index in [1.807, 2.05) is 36.2 Å².